The van der Waals surface area contributed by atoms with Gasteiger partial charge >= 0.3 is 0 Å². The number of nitrogens with zero attached hydrogens (tertiary/aromatic N) is 4. The first-order valence-corrected chi connectivity index (χ1v) is 12.0. The average molecular weight is 437 g/mol. The summed E-state index contributed by atoms with van der Waals surface area (Å²) in [6.45, 7) is 3.32. The summed E-state index contributed by atoms with van der Waals surface area (Å²) in [5.41, 5.74) is 7.02. The summed E-state index contributed by atoms with van der Waals surface area (Å²) in [4.78, 5) is 13.0. The van der Waals surface area contributed by atoms with E-state index in [1.54, 1.807) is 11.3 Å². The highest BCUT2D eigenvalue weighted by atomic mass is 32.1. The van der Waals surface area contributed by atoms with Gasteiger partial charge in [-0.3, -0.25) is 4.90 Å². The summed E-state index contributed by atoms with van der Waals surface area (Å²) in [5.74, 6) is 0. The first kappa shape index (κ1) is 19.4. The summed E-state index contributed by atoms with van der Waals surface area (Å²) in [6.07, 6.45) is 4.42. The lowest BCUT2D eigenvalue weighted by Crippen LogP contribution is -2.20. The molecule has 0 radical (unpaired) electrons. The first-order valence-electron chi connectivity index (χ1n) is 11.2. The molecule has 0 saturated carbocycles. The topological polar surface area (TPSA) is 34.0 Å². The van der Waals surface area contributed by atoms with Crippen molar-refractivity contribution in [3.8, 4) is 27.5 Å². The Bertz CT molecular complexity index is 1330. The van der Waals surface area contributed by atoms with E-state index in [1.165, 1.54) is 48.6 Å². The zero-order chi connectivity index (χ0) is 21.3. The fourth-order valence-electron chi connectivity index (χ4n) is 4.63. The molecule has 0 bridgehead atoms. The standard InChI is InChI=1S/C27H24N4S/c1-2-9-20(10-3-1)24-15-14-21(19-30-17-6-7-18-30)31(24)25-13-5-4-11-22(25)26-29-23-12-8-16-28-27(23)32-26/h1-5,8-16H,6-7,17-19H2. The Morgan fingerprint density at radius 1 is 0.812 bits per heavy atom. The molecule has 6 rings (SSSR count). The molecule has 0 N–H and O–H groups in total. The highest BCUT2D eigenvalue weighted by Crippen LogP contribution is 2.36. The predicted molar refractivity (Wildman–Crippen MR) is 132 cm³/mol. The third-order valence-corrected chi connectivity index (χ3v) is 7.17. The van der Waals surface area contributed by atoms with Crippen LogP contribution in [0.2, 0.25) is 0 Å². The van der Waals surface area contributed by atoms with E-state index >= 15 is 0 Å². The Kier molecular flexibility index (Phi) is 5.06. The van der Waals surface area contributed by atoms with Gasteiger partial charge in [0.05, 0.1) is 11.4 Å². The Balaban J connectivity index is 1.53. The smallest absolute Gasteiger partial charge is 0.143 e. The number of hydrogen-bond donors (Lipinski definition) is 0. The molecule has 0 aliphatic carbocycles. The lowest BCUT2D eigenvalue weighted by Gasteiger charge is -2.20. The number of aromatic nitrogens is 3. The molecule has 32 heavy (non-hydrogen) atoms. The van der Waals surface area contributed by atoms with Crippen molar-refractivity contribution in [1.29, 1.82) is 0 Å². The molecule has 0 amide bonds. The second-order valence-electron chi connectivity index (χ2n) is 8.26. The normalized spacial score (nSPS) is 14.4. The van der Waals surface area contributed by atoms with Crippen molar-refractivity contribution in [2.75, 3.05) is 13.1 Å². The molecule has 5 heteroatoms. The molecule has 158 valence electrons. The van der Waals surface area contributed by atoms with E-state index in [9.17, 15) is 0 Å². The second kappa shape index (κ2) is 8.34. The van der Waals surface area contributed by atoms with Gasteiger partial charge in [0, 0.05) is 24.0 Å². The number of likely N-dealkylation sites (tertiary alicyclic amines) is 1. The van der Waals surface area contributed by atoms with E-state index in [0.717, 1.165) is 27.5 Å². The number of thiazole rings is 1. The number of pyridine rings is 1. The Labute approximate surface area is 191 Å². The van der Waals surface area contributed by atoms with Crippen LogP contribution in [0.4, 0.5) is 0 Å². The molecule has 2 aromatic carbocycles. The van der Waals surface area contributed by atoms with Crippen molar-refractivity contribution in [2.45, 2.75) is 19.4 Å². The van der Waals surface area contributed by atoms with Gasteiger partial charge in [0.25, 0.3) is 0 Å². The zero-order valence-electron chi connectivity index (χ0n) is 17.8. The molecule has 0 unspecified atom stereocenters. The van der Waals surface area contributed by atoms with Crippen molar-refractivity contribution in [1.82, 2.24) is 19.4 Å². The number of rotatable bonds is 5. The fourth-order valence-corrected chi connectivity index (χ4v) is 5.57. The molecule has 1 saturated heterocycles. The molecule has 4 heterocycles. The van der Waals surface area contributed by atoms with Crippen LogP contribution < -0.4 is 0 Å². The van der Waals surface area contributed by atoms with E-state index in [1.807, 2.05) is 18.3 Å². The third kappa shape index (κ3) is 3.53. The van der Waals surface area contributed by atoms with E-state index in [4.69, 9.17) is 4.98 Å². The van der Waals surface area contributed by atoms with Crippen molar-refractivity contribution in [2.24, 2.45) is 0 Å². The Morgan fingerprint density at radius 3 is 2.47 bits per heavy atom. The summed E-state index contributed by atoms with van der Waals surface area (Å²) in [6, 6.07) is 27.8. The van der Waals surface area contributed by atoms with Gasteiger partial charge in [0.2, 0.25) is 0 Å². The SMILES string of the molecule is c1ccc(-c2ccc(CN3CCCC3)n2-c2ccccc2-c2nc3cccnc3s2)cc1. The zero-order valence-corrected chi connectivity index (χ0v) is 18.6. The first-order chi connectivity index (χ1) is 15.9. The highest BCUT2D eigenvalue weighted by molar-refractivity contribution is 7.21. The molecule has 1 fully saturated rings. The van der Waals surface area contributed by atoms with Gasteiger partial charge in [-0.05, 0) is 67.9 Å². The number of para-hydroxylation sites is 1. The predicted octanol–water partition coefficient (Wildman–Crippen LogP) is 6.41. The van der Waals surface area contributed by atoms with Crippen LogP contribution in [0.5, 0.6) is 0 Å². The lowest BCUT2D eigenvalue weighted by molar-refractivity contribution is 0.325. The van der Waals surface area contributed by atoms with Gasteiger partial charge in [-0.1, -0.05) is 53.8 Å². The molecule has 0 atom stereocenters. The summed E-state index contributed by atoms with van der Waals surface area (Å²) in [5, 5.41) is 1.01. The van der Waals surface area contributed by atoms with Gasteiger partial charge in [0.15, 0.2) is 0 Å². The van der Waals surface area contributed by atoms with Gasteiger partial charge in [-0.2, -0.15) is 0 Å². The maximum atomic E-state index is 4.92. The minimum Gasteiger partial charge on any atom is -0.312 e. The largest absolute Gasteiger partial charge is 0.312 e. The second-order valence-corrected chi connectivity index (χ2v) is 9.24. The number of benzene rings is 2. The Hall–Kier alpha value is -3.28. The summed E-state index contributed by atoms with van der Waals surface area (Å²) in [7, 11) is 0. The van der Waals surface area contributed by atoms with Crippen molar-refractivity contribution in [3.05, 3.63) is 90.8 Å². The maximum Gasteiger partial charge on any atom is 0.143 e. The molecule has 1 aliphatic rings. The van der Waals surface area contributed by atoms with Gasteiger partial charge in [-0.25, -0.2) is 9.97 Å². The van der Waals surface area contributed by atoms with E-state index in [0.29, 0.717) is 0 Å². The van der Waals surface area contributed by atoms with Crippen LogP contribution in [0, 0.1) is 0 Å². The highest BCUT2D eigenvalue weighted by Gasteiger charge is 2.20. The number of hydrogen-bond acceptors (Lipinski definition) is 4. The summed E-state index contributed by atoms with van der Waals surface area (Å²) < 4.78 is 2.43. The molecule has 1 aliphatic heterocycles. The van der Waals surface area contributed by atoms with Gasteiger partial charge < -0.3 is 4.57 Å². The van der Waals surface area contributed by atoms with Crippen LogP contribution in [-0.2, 0) is 6.54 Å². The van der Waals surface area contributed by atoms with Crippen LogP contribution >= 0.6 is 11.3 Å². The van der Waals surface area contributed by atoms with Crippen molar-refractivity contribution >= 4 is 21.7 Å². The molecule has 5 aromatic rings. The van der Waals surface area contributed by atoms with E-state index in [-0.39, 0.29) is 0 Å². The lowest BCUT2D eigenvalue weighted by atomic mass is 10.1. The molecule has 4 nitrogen and oxygen atoms in total. The van der Waals surface area contributed by atoms with E-state index < -0.39 is 0 Å². The number of fused-ring (bicyclic) bond motifs is 1. The van der Waals surface area contributed by atoms with Crippen LogP contribution in [-0.4, -0.2) is 32.5 Å². The average Bonchev–Trinajstić information content (AvgIpc) is 3.60. The summed E-state index contributed by atoms with van der Waals surface area (Å²) >= 11 is 1.66. The van der Waals surface area contributed by atoms with Crippen LogP contribution in [0.15, 0.2) is 85.1 Å². The van der Waals surface area contributed by atoms with Crippen molar-refractivity contribution < 1.29 is 0 Å². The van der Waals surface area contributed by atoms with Crippen molar-refractivity contribution in [3.63, 3.8) is 0 Å². The quantitative estimate of drug-likeness (QED) is 0.319. The van der Waals surface area contributed by atoms with E-state index in [2.05, 4.69) is 81.2 Å². The minimum atomic E-state index is 0.954. The van der Waals surface area contributed by atoms with Crippen LogP contribution in [0.25, 0.3) is 37.9 Å². The van der Waals surface area contributed by atoms with Crippen LogP contribution in [0.3, 0.4) is 0 Å². The fraction of sp³-hybridized carbons (Fsp3) is 0.185. The minimum absolute atomic E-state index is 0.954. The molecular formula is C27H24N4S. The molecular weight excluding hydrogens is 412 g/mol. The molecule has 3 aromatic heterocycles. The van der Waals surface area contributed by atoms with Gasteiger partial charge in [-0.15, -0.1) is 0 Å². The monoisotopic (exact) mass is 436 g/mol. The van der Waals surface area contributed by atoms with Gasteiger partial charge in [0.1, 0.15) is 15.4 Å². The Morgan fingerprint density at radius 2 is 1.62 bits per heavy atom. The maximum absolute atomic E-state index is 4.92. The third-order valence-electron chi connectivity index (χ3n) is 6.16. The van der Waals surface area contributed by atoms with Crippen LogP contribution in [0.1, 0.15) is 18.5 Å². The molecule has 0 spiro atoms.